The molecule has 3 nitrogen and oxygen atoms in total. The fraction of sp³-hybridized carbons (Fsp3) is 0.619. The van der Waals surface area contributed by atoms with E-state index in [1.165, 1.54) is 37.5 Å². The van der Waals surface area contributed by atoms with Crippen molar-refractivity contribution in [3.8, 4) is 0 Å². The highest BCUT2D eigenvalue weighted by Crippen LogP contribution is 2.39. The Balaban J connectivity index is 1.68. The van der Waals surface area contributed by atoms with Crippen LogP contribution in [0.15, 0.2) is 18.2 Å². The highest BCUT2D eigenvalue weighted by molar-refractivity contribution is 5.89. The zero-order valence-electron chi connectivity index (χ0n) is 14.9. The van der Waals surface area contributed by atoms with Gasteiger partial charge in [0.1, 0.15) is 5.78 Å². The number of rotatable bonds is 4. The molecule has 3 rings (SSSR count). The first kappa shape index (κ1) is 17.2. The van der Waals surface area contributed by atoms with Crippen LogP contribution in [0.4, 0.5) is 0 Å². The lowest BCUT2D eigenvalue weighted by Gasteiger charge is -2.34. The molecule has 1 unspecified atom stereocenters. The van der Waals surface area contributed by atoms with Gasteiger partial charge in [-0.1, -0.05) is 32.3 Å². The molecule has 0 amide bonds. The highest BCUT2D eigenvalue weighted by Gasteiger charge is 2.35. The van der Waals surface area contributed by atoms with E-state index in [0.29, 0.717) is 23.7 Å². The van der Waals surface area contributed by atoms with Gasteiger partial charge in [0.05, 0.1) is 12.7 Å². The number of carbonyl (C=O) groups excluding carboxylic acids is 2. The number of hydrogen-bond acceptors (Lipinski definition) is 3. The molecule has 3 heteroatoms. The number of carbonyl (C=O) groups is 2. The lowest BCUT2D eigenvalue weighted by molar-refractivity contribution is -0.130. The zero-order valence-corrected chi connectivity index (χ0v) is 14.9. The first-order valence-corrected chi connectivity index (χ1v) is 9.25. The summed E-state index contributed by atoms with van der Waals surface area (Å²) in [5.41, 5.74) is 3.06. The fourth-order valence-electron chi connectivity index (χ4n) is 4.37. The summed E-state index contributed by atoms with van der Waals surface area (Å²) in [6.07, 6.45) is 9.45. The third kappa shape index (κ3) is 3.55. The van der Waals surface area contributed by atoms with Crippen LogP contribution in [0.1, 0.15) is 73.4 Å². The Morgan fingerprint density at radius 1 is 1.17 bits per heavy atom. The van der Waals surface area contributed by atoms with Gasteiger partial charge in [0.25, 0.3) is 0 Å². The van der Waals surface area contributed by atoms with Crippen LogP contribution < -0.4 is 0 Å². The van der Waals surface area contributed by atoms with Crippen LogP contribution in [0.25, 0.3) is 0 Å². The number of esters is 1. The van der Waals surface area contributed by atoms with Gasteiger partial charge < -0.3 is 4.74 Å². The van der Waals surface area contributed by atoms with Crippen molar-refractivity contribution >= 4 is 11.8 Å². The summed E-state index contributed by atoms with van der Waals surface area (Å²) in [4.78, 5) is 24.6. The third-order valence-corrected chi connectivity index (χ3v) is 6.06. The Bertz CT molecular complexity index is 626. The summed E-state index contributed by atoms with van der Waals surface area (Å²) < 4.78 is 4.82. The van der Waals surface area contributed by atoms with Crippen molar-refractivity contribution < 1.29 is 14.3 Å². The maximum absolute atomic E-state index is 12.8. The Morgan fingerprint density at radius 3 is 2.62 bits per heavy atom. The molecule has 0 heterocycles. The Hall–Kier alpha value is -1.64. The van der Waals surface area contributed by atoms with Gasteiger partial charge in [-0.3, -0.25) is 4.79 Å². The average Bonchev–Trinajstić information content (AvgIpc) is 2.61. The number of hydrogen-bond donors (Lipinski definition) is 0. The van der Waals surface area contributed by atoms with Gasteiger partial charge in [0, 0.05) is 11.8 Å². The Morgan fingerprint density at radius 2 is 1.92 bits per heavy atom. The molecule has 24 heavy (non-hydrogen) atoms. The number of Topliss-reactive ketones (excluding diaryl/α,β-unsaturated/α-hetero) is 1. The molecule has 0 spiro atoms. The van der Waals surface area contributed by atoms with E-state index in [4.69, 9.17) is 4.74 Å². The predicted molar refractivity (Wildman–Crippen MR) is 94.1 cm³/mol. The molecule has 1 aromatic carbocycles. The molecule has 1 atom stereocenters. The molecule has 1 saturated carbocycles. The molecule has 0 aromatic heterocycles. The summed E-state index contributed by atoms with van der Waals surface area (Å²) in [5.74, 6) is 0.585. The number of ether oxygens (including phenoxy) is 1. The van der Waals surface area contributed by atoms with Crippen molar-refractivity contribution in [2.45, 2.75) is 64.7 Å². The second-order valence-corrected chi connectivity index (χ2v) is 7.83. The minimum atomic E-state index is -0.286. The summed E-state index contributed by atoms with van der Waals surface area (Å²) in [5, 5.41) is 0. The summed E-state index contributed by atoms with van der Waals surface area (Å²) in [6.45, 7) is 2.17. The van der Waals surface area contributed by atoms with Crippen molar-refractivity contribution in [2.24, 2.45) is 11.3 Å². The monoisotopic (exact) mass is 328 g/mol. The van der Waals surface area contributed by atoms with Crippen LogP contribution in [0, 0.1) is 11.3 Å². The second-order valence-electron chi connectivity index (χ2n) is 7.83. The normalized spacial score (nSPS) is 22.5. The van der Waals surface area contributed by atoms with E-state index in [1.807, 2.05) is 18.2 Å². The van der Waals surface area contributed by atoms with Crippen molar-refractivity contribution in [1.29, 1.82) is 0 Å². The summed E-state index contributed by atoms with van der Waals surface area (Å²) in [6, 6.07) is 5.85. The molecular formula is C21H28O3. The fourth-order valence-corrected chi connectivity index (χ4v) is 4.37. The zero-order chi connectivity index (χ0) is 17.2. The molecule has 1 aromatic rings. The Labute approximate surface area is 144 Å². The van der Waals surface area contributed by atoms with Crippen LogP contribution >= 0.6 is 0 Å². The first-order valence-electron chi connectivity index (χ1n) is 9.25. The van der Waals surface area contributed by atoms with E-state index >= 15 is 0 Å². The molecule has 0 aliphatic heterocycles. The van der Waals surface area contributed by atoms with E-state index in [-0.39, 0.29) is 11.4 Å². The molecule has 2 aliphatic rings. The van der Waals surface area contributed by atoms with Gasteiger partial charge in [0.15, 0.2) is 0 Å². The minimum Gasteiger partial charge on any atom is -0.465 e. The van der Waals surface area contributed by atoms with Gasteiger partial charge in [-0.2, -0.15) is 0 Å². The van der Waals surface area contributed by atoms with Gasteiger partial charge in [-0.25, -0.2) is 4.79 Å². The first-order chi connectivity index (χ1) is 11.5. The number of benzene rings is 1. The van der Waals surface area contributed by atoms with E-state index in [9.17, 15) is 9.59 Å². The van der Waals surface area contributed by atoms with Crippen molar-refractivity contribution in [2.75, 3.05) is 7.11 Å². The number of aryl methyl sites for hydroxylation is 1. The number of ketones is 1. The maximum Gasteiger partial charge on any atom is 0.337 e. The van der Waals surface area contributed by atoms with E-state index < -0.39 is 0 Å². The lowest BCUT2D eigenvalue weighted by Crippen LogP contribution is -2.32. The van der Waals surface area contributed by atoms with Crippen molar-refractivity contribution in [3.05, 3.63) is 34.9 Å². The molecule has 0 radical (unpaired) electrons. The molecular weight excluding hydrogens is 300 g/mol. The molecule has 0 saturated heterocycles. The van der Waals surface area contributed by atoms with Crippen LogP contribution in [0.5, 0.6) is 0 Å². The van der Waals surface area contributed by atoms with Crippen molar-refractivity contribution in [1.82, 2.24) is 0 Å². The second kappa shape index (κ2) is 7.08. The quantitative estimate of drug-likeness (QED) is 0.764. The smallest absolute Gasteiger partial charge is 0.337 e. The maximum atomic E-state index is 12.8. The van der Waals surface area contributed by atoms with E-state index in [0.717, 1.165) is 32.1 Å². The standard InChI is InChI=1S/C21H28O3/c1-21(10-4-3-5-11-21)19(22)13-15-6-7-16-8-9-17(20(23)24-2)14-18(16)12-15/h8-9,14-15H,3-7,10-13H2,1-2H3. The van der Waals surface area contributed by atoms with Crippen LogP contribution in [-0.4, -0.2) is 18.9 Å². The average molecular weight is 328 g/mol. The van der Waals surface area contributed by atoms with E-state index in [1.54, 1.807) is 0 Å². The van der Waals surface area contributed by atoms with Gasteiger partial charge in [-0.05, 0) is 61.3 Å². The summed E-state index contributed by atoms with van der Waals surface area (Å²) in [7, 11) is 1.41. The third-order valence-electron chi connectivity index (χ3n) is 6.06. The highest BCUT2D eigenvalue weighted by atomic mass is 16.5. The summed E-state index contributed by atoms with van der Waals surface area (Å²) >= 11 is 0. The molecule has 0 N–H and O–H groups in total. The number of methoxy groups -OCH3 is 1. The van der Waals surface area contributed by atoms with Crippen LogP contribution in [0.2, 0.25) is 0 Å². The minimum absolute atomic E-state index is 0.0909. The van der Waals surface area contributed by atoms with Crippen LogP contribution in [0.3, 0.4) is 0 Å². The molecule has 0 bridgehead atoms. The van der Waals surface area contributed by atoms with Crippen LogP contribution in [-0.2, 0) is 22.4 Å². The predicted octanol–water partition coefficient (Wildman–Crippen LogP) is 4.51. The molecule has 130 valence electrons. The largest absolute Gasteiger partial charge is 0.465 e. The molecule has 1 fully saturated rings. The van der Waals surface area contributed by atoms with Gasteiger partial charge in [-0.15, -0.1) is 0 Å². The number of fused-ring (bicyclic) bond motifs is 1. The van der Waals surface area contributed by atoms with Gasteiger partial charge >= 0.3 is 5.97 Å². The topological polar surface area (TPSA) is 43.4 Å². The van der Waals surface area contributed by atoms with Crippen molar-refractivity contribution in [3.63, 3.8) is 0 Å². The Kier molecular flexibility index (Phi) is 5.07. The lowest BCUT2D eigenvalue weighted by atomic mass is 9.69. The molecule has 2 aliphatic carbocycles. The SMILES string of the molecule is COC(=O)c1ccc2c(c1)CC(CC(=O)C1(C)CCCCC1)CC2. The van der Waals surface area contributed by atoms with E-state index in [2.05, 4.69) is 6.92 Å². The van der Waals surface area contributed by atoms with Gasteiger partial charge in [0.2, 0.25) is 0 Å².